The molecule has 0 saturated carbocycles. The Kier molecular flexibility index (Phi) is 3.91. The van der Waals surface area contributed by atoms with Gasteiger partial charge in [0.05, 0.1) is 5.69 Å². The van der Waals surface area contributed by atoms with Crippen LogP contribution in [-0.4, -0.2) is 27.1 Å². The second-order valence-electron chi connectivity index (χ2n) is 3.94. The molecule has 0 aliphatic rings. The third kappa shape index (κ3) is 3.17. The molecule has 2 N–H and O–H groups in total. The average molecular weight is 277 g/mol. The molecule has 0 bridgehead atoms. The smallest absolute Gasteiger partial charge is 0.318 e. The van der Waals surface area contributed by atoms with E-state index >= 15 is 0 Å². The van der Waals surface area contributed by atoms with Gasteiger partial charge >= 0.3 is 11.9 Å². The summed E-state index contributed by atoms with van der Waals surface area (Å²) in [7, 11) is 0. The van der Waals surface area contributed by atoms with Crippen LogP contribution < -0.4 is 0 Å². The first-order valence-electron chi connectivity index (χ1n) is 5.53. The van der Waals surface area contributed by atoms with Crippen LogP contribution in [0.2, 0.25) is 0 Å². The Balaban J connectivity index is 2.18. The predicted octanol–water partition coefficient (Wildman–Crippen LogP) is 2.14. The Labute approximate surface area is 113 Å². The molecule has 0 saturated heterocycles. The summed E-state index contributed by atoms with van der Waals surface area (Å²) >= 11 is 1.37. The third-order valence-electron chi connectivity index (χ3n) is 2.58. The lowest BCUT2D eigenvalue weighted by atomic mass is 10.0. The largest absolute Gasteiger partial charge is 0.481 e. The van der Waals surface area contributed by atoms with Crippen molar-refractivity contribution in [3.8, 4) is 10.6 Å². The molecule has 2 aromatic rings. The molecule has 0 unspecified atom stereocenters. The van der Waals surface area contributed by atoms with E-state index in [2.05, 4.69) is 4.98 Å². The SMILES string of the molecule is O=C(O)C(Cc1csc(-c2ccccc2)n1)C(=O)O. The van der Waals surface area contributed by atoms with Crippen LogP contribution in [0.25, 0.3) is 10.6 Å². The second kappa shape index (κ2) is 5.62. The fourth-order valence-corrected chi connectivity index (χ4v) is 2.44. The topological polar surface area (TPSA) is 87.5 Å². The molecule has 0 fully saturated rings. The second-order valence-corrected chi connectivity index (χ2v) is 4.80. The van der Waals surface area contributed by atoms with E-state index in [1.165, 1.54) is 11.3 Å². The van der Waals surface area contributed by atoms with E-state index < -0.39 is 17.9 Å². The Morgan fingerprint density at radius 1 is 1.16 bits per heavy atom. The van der Waals surface area contributed by atoms with E-state index in [1.54, 1.807) is 5.38 Å². The maximum atomic E-state index is 10.8. The number of carbonyl (C=O) groups is 2. The van der Waals surface area contributed by atoms with Crippen LogP contribution in [0, 0.1) is 5.92 Å². The normalized spacial score (nSPS) is 10.6. The summed E-state index contributed by atoms with van der Waals surface area (Å²) in [5.41, 5.74) is 1.42. The predicted molar refractivity (Wildman–Crippen MR) is 70.0 cm³/mol. The van der Waals surface area contributed by atoms with Crippen LogP contribution in [0.3, 0.4) is 0 Å². The van der Waals surface area contributed by atoms with Crippen LogP contribution in [0.1, 0.15) is 5.69 Å². The van der Waals surface area contributed by atoms with Crippen LogP contribution in [-0.2, 0) is 16.0 Å². The summed E-state index contributed by atoms with van der Waals surface area (Å²) in [6.07, 6.45) is -0.103. The molecule has 1 aromatic heterocycles. The summed E-state index contributed by atoms with van der Waals surface area (Å²) in [6, 6.07) is 9.45. The van der Waals surface area contributed by atoms with Gasteiger partial charge in [-0.05, 0) is 0 Å². The molecule has 0 spiro atoms. The molecule has 2 rings (SSSR count). The molecule has 19 heavy (non-hydrogen) atoms. The summed E-state index contributed by atoms with van der Waals surface area (Å²) in [5, 5.41) is 20.1. The quantitative estimate of drug-likeness (QED) is 0.817. The van der Waals surface area contributed by atoms with Crippen molar-refractivity contribution in [1.29, 1.82) is 0 Å². The molecular weight excluding hydrogens is 266 g/mol. The number of hydrogen-bond acceptors (Lipinski definition) is 4. The molecule has 0 radical (unpaired) electrons. The molecule has 0 aliphatic heterocycles. The lowest BCUT2D eigenvalue weighted by Gasteiger charge is -2.04. The zero-order valence-electron chi connectivity index (χ0n) is 9.81. The highest BCUT2D eigenvalue weighted by atomic mass is 32.1. The number of aromatic nitrogens is 1. The first-order valence-corrected chi connectivity index (χ1v) is 6.41. The average Bonchev–Trinajstić information content (AvgIpc) is 2.85. The van der Waals surface area contributed by atoms with Crippen molar-refractivity contribution in [2.45, 2.75) is 6.42 Å². The van der Waals surface area contributed by atoms with Gasteiger partial charge in [-0.1, -0.05) is 30.3 Å². The van der Waals surface area contributed by atoms with E-state index in [0.717, 1.165) is 10.6 Å². The Hall–Kier alpha value is -2.21. The zero-order valence-corrected chi connectivity index (χ0v) is 10.6. The highest BCUT2D eigenvalue weighted by molar-refractivity contribution is 7.13. The van der Waals surface area contributed by atoms with Gasteiger partial charge in [0.15, 0.2) is 5.92 Å². The van der Waals surface area contributed by atoms with Crippen molar-refractivity contribution in [2.75, 3.05) is 0 Å². The van der Waals surface area contributed by atoms with E-state index in [-0.39, 0.29) is 6.42 Å². The van der Waals surface area contributed by atoms with Gasteiger partial charge in [-0.3, -0.25) is 9.59 Å². The minimum Gasteiger partial charge on any atom is -0.481 e. The van der Waals surface area contributed by atoms with Crippen molar-refractivity contribution in [2.24, 2.45) is 5.92 Å². The summed E-state index contributed by atoms with van der Waals surface area (Å²) in [4.78, 5) is 25.9. The lowest BCUT2D eigenvalue weighted by molar-refractivity contribution is -0.154. The van der Waals surface area contributed by atoms with Gasteiger partial charge in [0.1, 0.15) is 5.01 Å². The first-order chi connectivity index (χ1) is 9.08. The highest BCUT2D eigenvalue weighted by Crippen LogP contribution is 2.24. The van der Waals surface area contributed by atoms with Gasteiger partial charge in [0.25, 0.3) is 0 Å². The molecule has 1 aromatic carbocycles. The van der Waals surface area contributed by atoms with E-state index in [0.29, 0.717) is 5.69 Å². The number of benzene rings is 1. The lowest BCUT2D eigenvalue weighted by Crippen LogP contribution is -2.25. The molecule has 5 nitrogen and oxygen atoms in total. The maximum absolute atomic E-state index is 10.8. The molecule has 6 heteroatoms. The number of carboxylic acids is 2. The van der Waals surface area contributed by atoms with Gasteiger partial charge < -0.3 is 10.2 Å². The third-order valence-corrected chi connectivity index (χ3v) is 3.52. The monoisotopic (exact) mass is 277 g/mol. The van der Waals surface area contributed by atoms with Crippen LogP contribution in [0.4, 0.5) is 0 Å². The fourth-order valence-electron chi connectivity index (χ4n) is 1.60. The number of thiazole rings is 1. The van der Waals surface area contributed by atoms with E-state index in [9.17, 15) is 9.59 Å². The van der Waals surface area contributed by atoms with Crippen LogP contribution in [0.5, 0.6) is 0 Å². The van der Waals surface area contributed by atoms with Crippen molar-refractivity contribution in [3.05, 3.63) is 41.4 Å². The Bertz CT molecular complexity index is 580. The van der Waals surface area contributed by atoms with Gasteiger partial charge in [-0.2, -0.15) is 0 Å². The number of hydrogen-bond donors (Lipinski definition) is 2. The Morgan fingerprint density at radius 2 is 1.79 bits per heavy atom. The minimum atomic E-state index is -1.45. The Morgan fingerprint density at radius 3 is 2.37 bits per heavy atom. The number of carboxylic acid groups (broad SMARTS) is 2. The van der Waals surface area contributed by atoms with Crippen LogP contribution >= 0.6 is 11.3 Å². The van der Waals surface area contributed by atoms with Crippen molar-refractivity contribution < 1.29 is 19.8 Å². The molecule has 98 valence electrons. The minimum absolute atomic E-state index is 0.103. The van der Waals surface area contributed by atoms with E-state index in [4.69, 9.17) is 10.2 Å². The maximum Gasteiger partial charge on any atom is 0.318 e. The summed E-state index contributed by atoms with van der Waals surface area (Å²) in [5.74, 6) is -4.14. The fraction of sp³-hybridized carbons (Fsp3) is 0.154. The summed E-state index contributed by atoms with van der Waals surface area (Å²) in [6.45, 7) is 0. The molecule has 0 aliphatic carbocycles. The molecule has 0 atom stereocenters. The first kappa shape index (κ1) is 13.2. The van der Waals surface area contributed by atoms with Crippen molar-refractivity contribution in [3.63, 3.8) is 0 Å². The van der Waals surface area contributed by atoms with Crippen molar-refractivity contribution >= 4 is 23.3 Å². The van der Waals surface area contributed by atoms with Gasteiger partial charge in [-0.15, -0.1) is 11.3 Å². The molecule has 0 amide bonds. The molecule has 1 heterocycles. The number of aliphatic carboxylic acids is 2. The zero-order chi connectivity index (χ0) is 13.8. The number of nitrogens with zero attached hydrogens (tertiary/aromatic N) is 1. The van der Waals surface area contributed by atoms with E-state index in [1.807, 2.05) is 30.3 Å². The van der Waals surface area contributed by atoms with Gasteiger partial charge in [0, 0.05) is 17.4 Å². The van der Waals surface area contributed by atoms with Gasteiger partial charge in [0.2, 0.25) is 0 Å². The highest BCUT2D eigenvalue weighted by Gasteiger charge is 2.27. The van der Waals surface area contributed by atoms with Crippen LogP contribution in [0.15, 0.2) is 35.7 Å². The standard InChI is InChI=1S/C13H11NO4S/c15-12(16)10(13(17)18)6-9-7-19-11(14-9)8-4-2-1-3-5-8/h1-5,7,10H,6H2,(H,15,16)(H,17,18). The summed E-state index contributed by atoms with van der Waals surface area (Å²) < 4.78 is 0. The molecular formula is C13H11NO4S. The van der Waals surface area contributed by atoms with Crippen molar-refractivity contribution in [1.82, 2.24) is 4.98 Å². The van der Waals surface area contributed by atoms with Gasteiger partial charge in [-0.25, -0.2) is 4.98 Å². The number of rotatable bonds is 5.